The summed E-state index contributed by atoms with van der Waals surface area (Å²) in [6.45, 7) is 4.21. The van der Waals surface area contributed by atoms with Gasteiger partial charge in [-0.15, -0.1) is 11.3 Å². The van der Waals surface area contributed by atoms with Gasteiger partial charge in [-0.25, -0.2) is 0 Å². The van der Waals surface area contributed by atoms with Crippen LogP contribution >= 0.6 is 22.9 Å². The first-order valence-corrected chi connectivity index (χ1v) is 4.45. The van der Waals surface area contributed by atoms with E-state index in [1.807, 2.05) is 11.4 Å². The van der Waals surface area contributed by atoms with E-state index < -0.39 is 0 Å². The molecule has 0 aliphatic rings. The van der Waals surface area contributed by atoms with Crippen molar-refractivity contribution in [3.05, 3.63) is 16.5 Å². The molecule has 1 rings (SSSR count). The maximum absolute atomic E-state index is 5.71. The largest absolute Gasteiger partial charge is 0.375 e. The zero-order valence-corrected chi connectivity index (χ0v) is 7.59. The minimum Gasteiger partial charge on any atom is -0.375 e. The molecule has 0 saturated heterocycles. The van der Waals surface area contributed by atoms with Crippen LogP contribution in [0.1, 0.15) is 13.8 Å². The molecule has 10 heavy (non-hydrogen) atoms. The first-order chi connectivity index (χ1) is 4.68. The van der Waals surface area contributed by atoms with Crippen molar-refractivity contribution >= 4 is 27.9 Å². The summed E-state index contributed by atoms with van der Waals surface area (Å²) < 4.78 is 0. The summed E-state index contributed by atoms with van der Waals surface area (Å²) in [5, 5.41) is 7.13. The molecule has 3 heteroatoms. The molecule has 0 unspecified atom stereocenters. The van der Waals surface area contributed by atoms with Gasteiger partial charge < -0.3 is 5.32 Å². The molecule has 0 aliphatic carbocycles. The lowest BCUT2D eigenvalue weighted by atomic mass is 10.4. The number of thiophene rings is 1. The van der Waals surface area contributed by atoms with Crippen LogP contribution in [-0.2, 0) is 0 Å². The second-order valence-corrected chi connectivity index (χ2v) is 3.78. The molecular formula is C7H10ClNS. The molecule has 0 spiro atoms. The van der Waals surface area contributed by atoms with Crippen LogP contribution in [0.15, 0.2) is 11.4 Å². The van der Waals surface area contributed by atoms with Crippen molar-refractivity contribution in [1.82, 2.24) is 0 Å². The van der Waals surface area contributed by atoms with Crippen LogP contribution in [-0.4, -0.2) is 6.04 Å². The Morgan fingerprint density at radius 1 is 1.60 bits per heavy atom. The molecule has 1 N–H and O–H groups in total. The first-order valence-electron chi connectivity index (χ1n) is 3.19. The molecule has 0 amide bonds. The Kier molecular flexibility index (Phi) is 2.57. The van der Waals surface area contributed by atoms with Crippen LogP contribution in [0.5, 0.6) is 0 Å². The second-order valence-electron chi connectivity index (χ2n) is 2.43. The van der Waals surface area contributed by atoms with Gasteiger partial charge >= 0.3 is 0 Å². The van der Waals surface area contributed by atoms with Crippen molar-refractivity contribution < 1.29 is 0 Å². The molecule has 0 fully saturated rings. The Hall–Kier alpha value is -0.210. The fourth-order valence-electron chi connectivity index (χ4n) is 0.673. The summed E-state index contributed by atoms with van der Waals surface area (Å²) in [5.74, 6) is 0. The molecular weight excluding hydrogens is 166 g/mol. The smallest absolute Gasteiger partial charge is 0.0899 e. The van der Waals surface area contributed by atoms with Crippen LogP contribution in [0.4, 0.5) is 5.00 Å². The minimum absolute atomic E-state index is 0.481. The third kappa shape index (κ3) is 2.20. The highest BCUT2D eigenvalue weighted by molar-refractivity contribution is 7.14. The summed E-state index contributed by atoms with van der Waals surface area (Å²) in [6.07, 6.45) is 0. The number of hydrogen-bond donors (Lipinski definition) is 1. The zero-order valence-electron chi connectivity index (χ0n) is 6.02. The molecule has 56 valence electrons. The fraction of sp³-hybridized carbons (Fsp3) is 0.429. The first kappa shape index (κ1) is 7.89. The summed E-state index contributed by atoms with van der Waals surface area (Å²) >= 11 is 7.35. The molecule has 0 aromatic carbocycles. The number of anilines is 1. The van der Waals surface area contributed by atoms with Gasteiger partial charge in [0.25, 0.3) is 0 Å². The molecule has 0 aliphatic heterocycles. The topological polar surface area (TPSA) is 12.0 Å². The molecule has 1 aromatic rings. The standard InChI is InChI=1S/C7H10ClNS/c1-5(2)9-7-3-6(8)4-10-7/h3-5,9H,1-2H3. The van der Waals surface area contributed by atoms with Crippen LogP contribution in [0.25, 0.3) is 0 Å². The summed E-state index contributed by atoms with van der Waals surface area (Å²) in [6, 6.07) is 2.42. The lowest BCUT2D eigenvalue weighted by molar-refractivity contribution is 0.904. The van der Waals surface area contributed by atoms with E-state index >= 15 is 0 Å². The highest BCUT2D eigenvalue weighted by Crippen LogP contribution is 2.24. The third-order valence-corrected chi connectivity index (χ3v) is 2.21. The molecule has 0 bridgehead atoms. The Balaban J connectivity index is 2.58. The zero-order chi connectivity index (χ0) is 7.56. The van der Waals surface area contributed by atoms with Gasteiger partial charge in [-0.05, 0) is 19.9 Å². The van der Waals surface area contributed by atoms with Crippen molar-refractivity contribution in [1.29, 1.82) is 0 Å². The molecule has 1 nitrogen and oxygen atoms in total. The van der Waals surface area contributed by atoms with Gasteiger partial charge in [0, 0.05) is 11.4 Å². The predicted octanol–water partition coefficient (Wildman–Crippen LogP) is 3.22. The van der Waals surface area contributed by atoms with Gasteiger partial charge in [0.15, 0.2) is 0 Å². The Morgan fingerprint density at radius 2 is 2.30 bits per heavy atom. The van der Waals surface area contributed by atoms with E-state index in [0.29, 0.717) is 6.04 Å². The van der Waals surface area contributed by atoms with E-state index in [0.717, 1.165) is 10.0 Å². The normalized spacial score (nSPS) is 10.4. The average molecular weight is 176 g/mol. The van der Waals surface area contributed by atoms with E-state index in [-0.39, 0.29) is 0 Å². The maximum atomic E-state index is 5.71. The van der Waals surface area contributed by atoms with Crippen LogP contribution in [0, 0.1) is 0 Å². The van der Waals surface area contributed by atoms with Crippen molar-refractivity contribution in [3.63, 3.8) is 0 Å². The highest BCUT2D eigenvalue weighted by atomic mass is 35.5. The minimum atomic E-state index is 0.481. The molecule has 0 saturated carbocycles. The van der Waals surface area contributed by atoms with Gasteiger partial charge in [-0.2, -0.15) is 0 Å². The van der Waals surface area contributed by atoms with E-state index in [1.54, 1.807) is 11.3 Å². The van der Waals surface area contributed by atoms with Gasteiger partial charge in [-0.1, -0.05) is 11.6 Å². The van der Waals surface area contributed by atoms with Crippen LogP contribution in [0.3, 0.4) is 0 Å². The van der Waals surface area contributed by atoms with Gasteiger partial charge in [-0.3, -0.25) is 0 Å². The average Bonchev–Trinajstić information content (AvgIpc) is 2.13. The molecule has 1 aromatic heterocycles. The van der Waals surface area contributed by atoms with Crippen molar-refractivity contribution in [3.8, 4) is 0 Å². The number of halogens is 1. The molecule has 1 heterocycles. The fourth-order valence-corrected chi connectivity index (χ4v) is 1.79. The van der Waals surface area contributed by atoms with E-state index in [1.165, 1.54) is 0 Å². The van der Waals surface area contributed by atoms with Crippen LogP contribution in [0.2, 0.25) is 5.02 Å². The van der Waals surface area contributed by atoms with E-state index in [4.69, 9.17) is 11.6 Å². The number of rotatable bonds is 2. The van der Waals surface area contributed by atoms with Crippen molar-refractivity contribution in [2.75, 3.05) is 5.32 Å². The Bertz CT molecular complexity index is 207. The lowest BCUT2D eigenvalue weighted by Crippen LogP contribution is -2.07. The molecule has 0 atom stereocenters. The van der Waals surface area contributed by atoms with Crippen molar-refractivity contribution in [2.45, 2.75) is 19.9 Å². The summed E-state index contributed by atoms with van der Waals surface area (Å²) in [7, 11) is 0. The monoisotopic (exact) mass is 175 g/mol. The maximum Gasteiger partial charge on any atom is 0.0899 e. The summed E-state index contributed by atoms with van der Waals surface area (Å²) in [5.41, 5.74) is 0. The second kappa shape index (κ2) is 3.26. The molecule has 0 radical (unpaired) electrons. The summed E-state index contributed by atoms with van der Waals surface area (Å²) in [4.78, 5) is 0. The van der Waals surface area contributed by atoms with E-state index in [2.05, 4.69) is 19.2 Å². The SMILES string of the molecule is CC(C)Nc1cc(Cl)cs1. The van der Waals surface area contributed by atoms with Crippen LogP contribution < -0.4 is 5.32 Å². The van der Waals surface area contributed by atoms with Crippen molar-refractivity contribution in [2.24, 2.45) is 0 Å². The van der Waals surface area contributed by atoms with Gasteiger partial charge in [0.1, 0.15) is 0 Å². The lowest BCUT2D eigenvalue weighted by Gasteiger charge is -2.04. The van der Waals surface area contributed by atoms with E-state index in [9.17, 15) is 0 Å². The predicted molar refractivity (Wildman–Crippen MR) is 48.1 cm³/mol. The highest BCUT2D eigenvalue weighted by Gasteiger charge is 1.97. The number of hydrogen-bond acceptors (Lipinski definition) is 2. The Labute approximate surface area is 70.0 Å². The van der Waals surface area contributed by atoms with Gasteiger partial charge in [0.2, 0.25) is 0 Å². The third-order valence-electron chi connectivity index (χ3n) is 0.998. The quantitative estimate of drug-likeness (QED) is 0.728. The number of nitrogens with one attached hydrogen (secondary N) is 1. The Morgan fingerprint density at radius 3 is 2.70 bits per heavy atom. The van der Waals surface area contributed by atoms with Gasteiger partial charge in [0.05, 0.1) is 10.0 Å².